The first-order valence-corrected chi connectivity index (χ1v) is 7.70. The second-order valence-corrected chi connectivity index (χ2v) is 5.68. The van der Waals surface area contributed by atoms with Crippen molar-refractivity contribution in [3.8, 4) is 5.75 Å². The summed E-state index contributed by atoms with van der Waals surface area (Å²) in [5.41, 5.74) is 3.32. The third kappa shape index (κ3) is 7.67. The number of phenolic OH excluding ortho intramolecular Hbond substituents is 1. The minimum Gasteiger partial charge on any atom is -0.508 e. The highest BCUT2D eigenvalue weighted by atomic mass is 16.5. The van der Waals surface area contributed by atoms with E-state index < -0.39 is 0 Å². The molecule has 0 fully saturated rings. The monoisotopic (exact) mass is 302 g/mol. The minimum absolute atomic E-state index is 0.227. The van der Waals surface area contributed by atoms with Crippen molar-refractivity contribution in [1.82, 2.24) is 0 Å². The van der Waals surface area contributed by atoms with Crippen LogP contribution in [0.25, 0.3) is 0 Å². The summed E-state index contributed by atoms with van der Waals surface area (Å²) in [5.74, 6) is -0.0121. The fourth-order valence-electron chi connectivity index (χ4n) is 2.00. The number of phenols is 1. The standard InChI is InChI=1S/C19H26O3/c1-15(2)7-6-8-16(3)13-14-22-19(21)12-11-17-9-4-5-10-18(17)20/h4-5,7,9-10,13,20H,6,8,11-12,14H2,1-3H3/b16-13+. The zero-order valence-electron chi connectivity index (χ0n) is 13.8. The molecule has 0 heterocycles. The van der Waals surface area contributed by atoms with E-state index in [2.05, 4.69) is 26.8 Å². The van der Waals surface area contributed by atoms with Crippen molar-refractivity contribution in [1.29, 1.82) is 0 Å². The largest absolute Gasteiger partial charge is 0.508 e. The Bertz CT molecular complexity index is 537. The van der Waals surface area contributed by atoms with Gasteiger partial charge in [-0.25, -0.2) is 0 Å². The van der Waals surface area contributed by atoms with Crippen LogP contribution < -0.4 is 0 Å². The molecule has 0 atom stereocenters. The molecular formula is C19H26O3. The van der Waals surface area contributed by atoms with Gasteiger partial charge >= 0.3 is 5.97 Å². The van der Waals surface area contributed by atoms with Gasteiger partial charge in [0.05, 0.1) is 0 Å². The maximum atomic E-state index is 11.7. The molecule has 0 saturated carbocycles. The summed E-state index contributed by atoms with van der Waals surface area (Å²) in [5, 5.41) is 9.63. The Balaban J connectivity index is 2.25. The molecule has 1 aromatic carbocycles. The molecule has 22 heavy (non-hydrogen) atoms. The van der Waals surface area contributed by atoms with Gasteiger partial charge in [-0.3, -0.25) is 4.79 Å². The molecule has 1 N–H and O–H groups in total. The number of rotatable bonds is 8. The van der Waals surface area contributed by atoms with Gasteiger partial charge < -0.3 is 9.84 Å². The lowest BCUT2D eigenvalue weighted by Crippen LogP contribution is -2.06. The first-order valence-electron chi connectivity index (χ1n) is 7.70. The van der Waals surface area contributed by atoms with Crippen LogP contribution in [0.3, 0.4) is 0 Å². The Morgan fingerprint density at radius 3 is 2.55 bits per heavy atom. The van der Waals surface area contributed by atoms with Crippen molar-refractivity contribution >= 4 is 5.97 Å². The maximum Gasteiger partial charge on any atom is 0.306 e. The fraction of sp³-hybridized carbons (Fsp3) is 0.421. The Kier molecular flexibility index (Phi) is 8.05. The highest BCUT2D eigenvalue weighted by Gasteiger charge is 2.05. The van der Waals surface area contributed by atoms with E-state index in [-0.39, 0.29) is 18.1 Å². The molecule has 0 aliphatic carbocycles. The van der Waals surface area contributed by atoms with Crippen LogP contribution >= 0.6 is 0 Å². The lowest BCUT2D eigenvalue weighted by molar-refractivity contribution is -0.142. The molecule has 0 amide bonds. The summed E-state index contributed by atoms with van der Waals surface area (Å²) in [6, 6.07) is 7.05. The van der Waals surface area contributed by atoms with Crippen LogP contribution in [0.5, 0.6) is 5.75 Å². The zero-order valence-corrected chi connectivity index (χ0v) is 13.8. The second-order valence-electron chi connectivity index (χ2n) is 5.68. The van der Waals surface area contributed by atoms with Gasteiger partial charge in [-0.05, 0) is 57.7 Å². The Morgan fingerprint density at radius 1 is 1.14 bits per heavy atom. The van der Waals surface area contributed by atoms with Crippen LogP contribution in [0.1, 0.15) is 45.6 Å². The highest BCUT2D eigenvalue weighted by molar-refractivity contribution is 5.70. The third-order valence-corrected chi connectivity index (χ3v) is 3.36. The molecule has 0 aliphatic heterocycles. The molecule has 0 spiro atoms. The van der Waals surface area contributed by atoms with Crippen molar-refractivity contribution in [2.24, 2.45) is 0 Å². The highest BCUT2D eigenvalue weighted by Crippen LogP contribution is 2.17. The molecule has 0 unspecified atom stereocenters. The van der Waals surface area contributed by atoms with Gasteiger partial charge in [0.25, 0.3) is 0 Å². The van der Waals surface area contributed by atoms with Crippen LogP contribution in [0, 0.1) is 0 Å². The quantitative estimate of drug-likeness (QED) is 0.565. The van der Waals surface area contributed by atoms with E-state index >= 15 is 0 Å². The predicted molar refractivity (Wildman–Crippen MR) is 89.8 cm³/mol. The van der Waals surface area contributed by atoms with E-state index in [0.717, 1.165) is 18.4 Å². The number of carbonyl (C=O) groups is 1. The van der Waals surface area contributed by atoms with Crippen molar-refractivity contribution in [2.75, 3.05) is 6.61 Å². The first kappa shape index (κ1) is 18.0. The molecule has 120 valence electrons. The number of benzene rings is 1. The van der Waals surface area contributed by atoms with E-state index in [9.17, 15) is 9.90 Å². The predicted octanol–water partition coefficient (Wildman–Crippen LogP) is 4.56. The SMILES string of the molecule is CC(C)=CCC/C(C)=C/COC(=O)CCc1ccccc1O. The fourth-order valence-corrected chi connectivity index (χ4v) is 2.00. The van der Waals surface area contributed by atoms with Gasteiger partial charge in [-0.1, -0.05) is 35.4 Å². The van der Waals surface area contributed by atoms with Crippen LogP contribution in [0.2, 0.25) is 0 Å². The van der Waals surface area contributed by atoms with Crippen molar-refractivity contribution in [2.45, 2.75) is 46.5 Å². The first-order chi connectivity index (χ1) is 10.5. The number of para-hydroxylation sites is 1. The minimum atomic E-state index is -0.239. The smallest absolute Gasteiger partial charge is 0.306 e. The van der Waals surface area contributed by atoms with Crippen molar-refractivity contribution in [3.05, 3.63) is 53.1 Å². The summed E-state index contributed by atoms with van der Waals surface area (Å²) in [6.07, 6.45) is 6.94. The molecule has 0 radical (unpaired) electrons. The van der Waals surface area contributed by atoms with E-state index in [0.29, 0.717) is 13.0 Å². The van der Waals surface area contributed by atoms with E-state index in [1.807, 2.05) is 18.2 Å². The number of aryl methyl sites for hydroxylation is 1. The summed E-state index contributed by atoms with van der Waals surface area (Å²) >= 11 is 0. The Hall–Kier alpha value is -2.03. The number of esters is 1. The molecule has 0 aliphatic rings. The van der Waals surface area contributed by atoms with Crippen molar-refractivity contribution < 1.29 is 14.6 Å². The normalized spacial score (nSPS) is 11.1. The van der Waals surface area contributed by atoms with Crippen molar-refractivity contribution in [3.63, 3.8) is 0 Å². The number of hydrogen-bond acceptors (Lipinski definition) is 3. The average Bonchev–Trinajstić information content (AvgIpc) is 2.46. The summed E-state index contributed by atoms with van der Waals surface area (Å²) in [4.78, 5) is 11.7. The third-order valence-electron chi connectivity index (χ3n) is 3.36. The van der Waals surface area contributed by atoms with Gasteiger partial charge in [-0.15, -0.1) is 0 Å². The summed E-state index contributed by atoms with van der Waals surface area (Å²) in [7, 11) is 0. The molecule has 0 bridgehead atoms. The lowest BCUT2D eigenvalue weighted by atomic mass is 10.1. The topological polar surface area (TPSA) is 46.5 Å². The van der Waals surface area contributed by atoms with Gasteiger partial charge in [-0.2, -0.15) is 0 Å². The number of carbonyl (C=O) groups excluding carboxylic acids is 1. The molecule has 1 aromatic rings. The van der Waals surface area contributed by atoms with Gasteiger partial charge in [0.15, 0.2) is 0 Å². The van der Waals surface area contributed by atoms with E-state index in [1.54, 1.807) is 12.1 Å². The van der Waals surface area contributed by atoms with E-state index in [1.165, 1.54) is 11.1 Å². The molecule has 1 rings (SSSR count). The maximum absolute atomic E-state index is 11.7. The Labute approximate surface area is 133 Å². The number of aromatic hydroxyl groups is 1. The van der Waals surface area contributed by atoms with Crippen LogP contribution in [0.15, 0.2) is 47.6 Å². The van der Waals surface area contributed by atoms with Gasteiger partial charge in [0.2, 0.25) is 0 Å². The van der Waals surface area contributed by atoms with E-state index in [4.69, 9.17) is 4.74 Å². The summed E-state index contributed by atoms with van der Waals surface area (Å²) < 4.78 is 5.19. The number of allylic oxidation sites excluding steroid dienone is 3. The molecule has 3 heteroatoms. The Morgan fingerprint density at radius 2 is 1.86 bits per heavy atom. The molecule has 0 aromatic heterocycles. The van der Waals surface area contributed by atoms with Crippen LogP contribution in [-0.2, 0) is 16.0 Å². The number of hydrogen-bond donors (Lipinski definition) is 1. The van der Waals surface area contributed by atoms with Crippen LogP contribution in [0.4, 0.5) is 0 Å². The molecule has 3 nitrogen and oxygen atoms in total. The van der Waals surface area contributed by atoms with Gasteiger partial charge in [0.1, 0.15) is 12.4 Å². The summed E-state index contributed by atoms with van der Waals surface area (Å²) in [6.45, 7) is 6.55. The average molecular weight is 302 g/mol. The molecular weight excluding hydrogens is 276 g/mol. The lowest BCUT2D eigenvalue weighted by Gasteiger charge is -2.05. The molecule has 0 saturated heterocycles. The number of ether oxygens (including phenoxy) is 1. The zero-order chi connectivity index (χ0) is 16.4. The van der Waals surface area contributed by atoms with Gasteiger partial charge in [0, 0.05) is 6.42 Å². The second kappa shape index (κ2) is 9.82. The van der Waals surface area contributed by atoms with Crippen LogP contribution in [-0.4, -0.2) is 17.7 Å².